The third-order valence-electron chi connectivity index (χ3n) is 9.16. The van der Waals surface area contributed by atoms with Gasteiger partial charge >= 0.3 is 51.4 Å². The number of aryl methyl sites for hydroxylation is 2. The van der Waals surface area contributed by atoms with Gasteiger partial charge in [0.2, 0.25) is 0 Å². The number of hydrogen-bond donors (Lipinski definition) is 0. The minimum absolute atomic E-state index is 0. The molecule has 1 atom stereocenters. The fourth-order valence-corrected chi connectivity index (χ4v) is 6.49. The molecule has 0 aliphatic carbocycles. The maximum Gasteiger partial charge on any atom is 1.00 e. The van der Waals surface area contributed by atoms with E-state index in [1.54, 1.807) is 7.11 Å². The predicted molar refractivity (Wildman–Crippen MR) is 187 cm³/mol. The van der Waals surface area contributed by atoms with Crippen LogP contribution >= 0.6 is 0 Å². The fraction of sp³-hybridized carbons (Fsp3) is 0.300. The number of ether oxygens (including phenoxy) is 2. The first kappa shape index (κ1) is 36.8. The Kier molecular flexibility index (Phi) is 13.1. The number of carbonyl (C=O) groups is 2. The number of aliphatic carboxylic acids is 1. The van der Waals surface area contributed by atoms with Crippen LogP contribution < -0.4 is 70.9 Å². The van der Waals surface area contributed by atoms with Gasteiger partial charge in [0.1, 0.15) is 17.6 Å². The van der Waals surface area contributed by atoms with Crippen LogP contribution in [0.3, 0.4) is 0 Å². The number of piperazine rings is 1. The molecule has 4 aromatic carbocycles. The SMILES string of the molecule is COc1ccccc1N1CCN(CCC(Oc2ccc(C(=O)c3cn(CCCC(=O)[O-])c4ccccc34)cc2)c2ccc(C)cc2)CC1.[K+]. The molecule has 1 unspecified atom stereocenters. The molecule has 0 spiro atoms. The third kappa shape index (κ3) is 9.22. The zero-order valence-corrected chi connectivity index (χ0v) is 31.8. The molecule has 49 heavy (non-hydrogen) atoms. The average Bonchev–Trinajstić information content (AvgIpc) is 3.49. The van der Waals surface area contributed by atoms with Gasteiger partial charge in [0.15, 0.2) is 5.78 Å². The molecule has 1 aliphatic heterocycles. The number of hydrogen-bond acceptors (Lipinski definition) is 7. The number of aromatic nitrogens is 1. The van der Waals surface area contributed by atoms with Gasteiger partial charge in [0.05, 0.1) is 12.8 Å². The van der Waals surface area contributed by atoms with Crippen LogP contribution in [0.5, 0.6) is 11.5 Å². The summed E-state index contributed by atoms with van der Waals surface area (Å²) in [6, 6.07) is 31.8. The Morgan fingerprint density at radius 3 is 2.24 bits per heavy atom. The number of benzene rings is 4. The van der Waals surface area contributed by atoms with E-state index in [0.29, 0.717) is 29.8 Å². The summed E-state index contributed by atoms with van der Waals surface area (Å²) in [7, 11) is 1.72. The summed E-state index contributed by atoms with van der Waals surface area (Å²) >= 11 is 0. The molecule has 6 rings (SSSR count). The number of carboxylic acids is 1. The van der Waals surface area contributed by atoms with Crippen molar-refractivity contribution < 1.29 is 75.6 Å². The number of rotatable bonds is 14. The van der Waals surface area contributed by atoms with Gasteiger partial charge in [0, 0.05) is 79.9 Å². The maximum absolute atomic E-state index is 13.7. The molecular weight excluding hydrogens is 642 g/mol. The van der Waals surface area contributed by atoms with Gasteiger partial charge < -0.3 is 28.8 Å². The molecule has 2 heterocycles. The Hall–Kier alpha value is -3.44. The Balaban J connectivity index is 0.00000468. The second-order valence-corrected chi connectivity index (χ2v) is 12.4. The topological polar surface area (TPSA) is 87.1 Å². The number of carboxylic acid groups (broad SMARTS) is 1. The number of carbonyl (C=O) groups excluding carboxylic acids is 2. The smallest absolute Gasteiger partial charge is 0.550 e. The van der Waals surface area contributed by atoms with E-state index in [2.05, 4.69) is 53.1 Å². The normalized spacial score (nSPS) is 13.9. The van der Waals surface area contributed by atoms with Gasteiger partial charge in [-0.25, -0.2) is 0 Å². The van der Waals surface area contributed by atoms with Gasteiger partial charge in [-0.3, -0.25) is 9.69 Å². The monoisotopic (exact) mass is 683 g/mol. The number of nitrogens with zero attached hydrogens (tertiary/aromatic N) is 3. The molecule has 0 bridgehead atoms. The van der Waals surface area contributed by atoms with E-state index in [0.717, 1.165) is 67.0 Å². The number of para-hydroxylation sites is 3. The molecule has 0 radical (unpaired) electrons. The zero-order chi connectivity index (χ0) is 33.5. The molecule has 9 heteroatoms. The molecule has 1 saturated heterocycles. The fourth-order valence-electron chi connectivity index (χ4n) is 6.49. The number of fused-ring (bicyclic) bond motifs is 1. The van der Waals surface area contributed by atoms with Crippen molar-refractivity contribution >= 4 is 28.3 Å². The molecule has 1 aromatic heterocycles. The Morgan fingerprint density at radius 1 is 0.837 bits per heavy atom. The molecule has 1 aliphatic rings. The minimum atomic E-state index is -1.07. The first-order chi connectivity index (χ1) is 23.4. The van der Waals surface area contributed by atoms with Gasteiger partial charge in [-0.05, 0) is 67.8 Å². The Morgan fingerprint density at radius 2 is 1.53 bits per heavy atom. The van der Waals surface area contributed by atoms with E-state index in [1.807, 2.05) is 71.4 Å². The summed E-state index contributed by atoms with van der Waals surface area (Å²) in [6.45, 7) is 7.27. The van der Waals surface area contributed by atoms with E-state index in [1.165, 1.54) is 5.56 Å². The number of methoxy groups -OCH3 is 1. The van der Waals surface area contributed by atoms with Crippen molar-refractivity contribution in [3.63, 3.8) is 0 Å². The average molecular weight is 684 g/mol. The summed E-state index contributed by atoms with van der Waals surface area (Å²) in [6.07, 6.45) is 2.92. The van der Waals surface area contributed by atoms with E-state index < -0.39 is 5.97 Å². The van der Waals surface area contributed by atoms with Gasteiger partial charge in [-0.15, -0.1) is 0 Å². The minimum Gasteiger partial charge on any atom is -0.550 e. The van der Waals surface area contributed by atoms with Crippen molar-refractivity contribution in [1.82, 2.24) is 9.47 Å². The van der Waals surface area contributed by atoms with Crippen LogP contribution in [0.4, 0.5) is 5.69 Å². The van der Waals surface area contributed by atoms with Crippen LogP contribution in [0.2, 0.25) is 0 Å². The van der Waals surface area contributed by atoms with E-state index in [4.69, 9.17) is 9.47 Å². The van der Waals surface area contributed by atoms with Gasteiger partial charge in [-0.2, -0.15) is 0 Å². The molecule has 0 N–H and O–H groups in total. The van der Waals surface area contributed by atoms with E-state index in [-0.39, 0.29) is 69.7 Å². The Bertz CT molecular complexity index is 1850. The number of ketones is 1. The van der Waals surface area contributed by atoms with Crippen LogP contribution in [0.15, 0.2) is 103 Å². The molecule has 248 valence electrons. The molecular formula is C40H42KN3O5. The van der Waals surface area contributed by atoms with Crippen LogP contribution in [-0.2, 0) is 11.3 Å². The van der Waals surface area contributed by atoms with Crippen molar-refractivity contribution in [3.8, 4) is 11.5 Å². The predicted octanol–water partition coefficient (Wildman–Crippen LogP) is 3.06. The Labute approximate surface area is 331 Å². The largest absolute Gasteiger partial charge is 1.00 e. The molecule has 5 aromatic rings. The molecule has 0 saturated carbocycles. The summed E-state index contributed by atoms with van der Waals surface area (Å²) in [5.74, 6) is 0.462. The van der Waals surface area contributed by atoms with E-state index in [9.17, 15) is 14.7 Å². The summed E-state index contributed by atoms with van der Waals surface area (Å²) in [4.78, 5) is 29.5. The van der Waals surface area contributed by atoms with Crippen molar-refractivity contribution in [1.29, 1.82) is 0 Å². The van der Waals surface area contributed by atoms with E-state index >= 15 is 0 Å². The first-order valence-corrected chi connectivity index (χ1v) is 16.7. The number of anilines is 1. The third-order valence-corrected chi connectivity index (χ3v) is 9.16. The summed E-state index contributed by atoms with van der Waals surface area (Å²) < 4.78 is 14.1. The van der Waals surface area contributed by atoms with Crippen LogP contribution in [-0.4, -0.2) is 61.1 Å². The summed E-state index contributed by atoms with van der Waals surface area (Å²) in [5, 5.41) is 11.8. The van der Waals surface area contributed by atoms with Crippen LogP contribution in [0, 0.1) is 6.92 Å². The van der Waals surface area contributed by atoms with Crippen molar-refractivity contribution in [3.05, 3.63) is 126 Å². The van der Waals surface area contributed by atoms with Gasteiger partial charge in [0.25, 0.3) is 0 Å². The standard InChI is InChI=1S/C40H43N3O5.K/c1-29-13-15-30(16-14-29)37(21-23-41-24-26-42(27-25-41)36-10-5-6-11-38(36)47-2)48-32-19-17-31(18-20-32)40(46)34-28-43(22-7-12-39(44)45)35-9-4-3-8-33(34)35;/h3-6,8-11,13-20,28,37H,7,12,21-27H2,1-2H3,(H,44,45);/q;+1/p-1. The molecule has 0 amide bonds. The van der Waals surface area contributed by atoms with Crippen LogP contribution in [0.25, 0.3) is 10.9 Å². The molecule has 8 nitrogen and oxygen atoms in total. The quantitative estimate of drug-likeness (QED) is 0.131. The zero-order valence-electron chi connectivity index (χ0n) is 28.6. The maximum atomic E-state index is 13.7. The second kappa shape index (κ2) is 17.5. The molecule has 1 fully saturated rings. The van der Waals surface area contributed by atoms with Crippen molar-refractivity contribution in [2.75, 3.05) is 44.7 Å². The van der Waals surface area contributed by atoms with Gasteiger partial charge in [-0.1, -0.05) is 60.2 Å². The van der Waals surface area contributed by atoms with Crippen LogP contribution in [0.1, 0.15) is 52.4 Å². The second-order valence-electron chi connectivity index (χ2n) is 12.4. The first-order valence-electron chi connectivity index (χ1n) is 16.7. The van der Waals surface area contributed by atoms with Crippen molar-refractivity contribution in [2.45, 2.75) is 38.8 Å². The summed E-state index contributed by atoms with van der Waals surface area (Å²) in [5.41, 5.74) is 5.53. The van der Waals surface area contributed by atoms with Crippen molar-refractivity contribution in [2.24, 2.45) is 0 Å².